The molecule has 0 aliphatic carbocycles. The predicted octanol–water partition coefficient (Wildman–Crippen LogP) is 3.28. The summed E-state index contributed by atoms with van der Waals surface area (Å²) >= 11 is 1.80. The van der Waals surface area contributed by atoms with E-state index in [0.29, 0.717) is 19.2 Å². The highest BCUT2D eigenvalue weighted by atomic mass is 32.1. The zero-order valence-corrected chi connectivity index (χ0v) is 12.9. The van der Waals surface area contributed by atoms with E-state index in [0.717, 1.165) is 17.9 Å². The molecular formula is C16H22N2OS. The largest absolute Gasteiger partial charge is 0.492 e. The van der Waals surface area contributed by atoms with Gasteiger partial charge in [0, 0.05) is 24.0 Å². The van der Waals surface area contributed by atoms with Gasteiger partial charge in [-0.2, -0.15) is 0 Å². The van der Waals surface area contributed by atoms with Gasteiger partial charge in [-0.25, -0.2) is 0 Å². The number of likely N-dealkylation sites (N-methyl/N-ethyl adjacent to an activating group) is 1. The van der Waals surface area contributed by atoms with E-state index < -0.39 is 0 Å². The molecule has 108 valence electrons. The Morgan fingerprint density at radius 1 is 1.25 bits per heavy atom. The van der Waals surface area contributed by atoms with Crippen molar-refractivity contribution in [1.82, 2.24) is 4.90 Å². The molecule has 0 spiro atoms. The fraction of sp³-hybridized carbons (Fsp3) is 0.375. The minimum absolute atomic E-state index is 0.429. The van der Waals surface area contributed by atoms with Crippen molar-refractivity contribution in [1.29, 1.82) is 0 Å². The van der Waals surface area contributed by atoms with Crippen molar-refractivity contribution < 1.29 is 4.74 Å². The summed E-state index contributed by atoms with van der Waals surface area (Å²) in [4.78, 5) is 3.69. The first-order chi connectivity index (χ1) is 9.70. The Hall–Kier alpha value is -1.36. The minimum Gasteiger partial charge on any atom is -0.492 e. The molecule has 1 aromatic heterocycles. The van der Waals surface area contributed by atoms with Crippen molar-refractivity contribution in [2.24, 2.45) is 5.73 Å². The Bertz CT molecular complexity index is 496. The first kappa shape index (κ1) is 15.0. The molecule has 1 unspecified atom stereocenters. The lowest BCUT2D eigenvalue weighted by molar-refractivity contribution is 0.202. The second-order valence-electron chi connectivity index (χ2n) is 4.87. The van der Waals surface area contributed by atoms with Crippen molar-refractivity contribution in [3.8, 4) is 5.75 Å². The fourth-order valence-electron chi connectivity index (χ4n) is 1.97. The number of ether oxygens (including phenoxy) is 1. The number of hydrogen-bond acceptors (Lipinski definition) is 4. The molecule has 0 aliphatic heterocycles. The lowest BCUT2D eigenvalue weighted by Crippen LogP contribution is -2.26. The normalized spacial score (nSPS) is 12.6. The molecule has 1 heterocycles. The molecule has 20 heavy (non-hydrogen) atoms. The van der Waals surface area contributed by atoms with Gasteiger partial charge >= 0.3 is 0 Å². The van der Waals surface area contributed by atoms with Gasteiger partial charge in [0.15, 0.2) is 0 Å². The summed E-state index contributed by atoms with van der Waals surface area (Å²) in [7, 11) is 2.13. The summed E-state index contributed by atoms with van der Waals surface area (Å²) in [5.41, 5.74) is 6.70. The highest BCUT2D eigenvalue weighted by Crippen LogP contribution is 2.23. The first-order valence-corrected chi connectivity index (χ1v) is 7.74. The molecule has 2 aromatic rings. The van der Waals surface area contributed by atoms with E-state index in [2.05, 4.69) is 36.4 Å². The standard InChI is InChI=1S/C16H22N2OS/c1-13(16-4-3-11-20-16)18(2)9-10-19-15-7-5-14(12-17)6-8-15/h3-8,11,13H,9-10,12,17H2,1-2H3. The Kier molecular flexibility index (Phi) is 5.59. The third kappa shape index (κ3) is 4.07. The van der Waals surface area contributed by atoms with Gasteiger partial charge in [-0.15, -0.1) is 11.3 Å². The van der Waals surface area contributed by atoms with Gasteiger partial charge in [0.25, 0.3) is 0 Å². The van der Waals surface area contributed by atoms with E-state index in [1.165, 1.54) is 4.88 Å². The fourth-order valence-corrected chi connectivity index (χ4v) is 2.82. The van der Waals surface area contributed by atoms with E-state index in [-0.39, 0.29) is 0 Å². The number of benzene rings is 1. The van der Waals surface area contributed by atoms with Crippen LogP contribution in [-0.2, 0) is 6.54 Å². The smallest absolute Gasteiger partial charge is 0.119 e. The maximum atomic E-state index is 5.76. The lowest BCUT2D eigenvalue weighted by Gasteiger charge is -2.23. The summed E-state index contributed by atoms with van der Waals surface area (Å²) in [5.74, 6) is 0.902. The molecule has 0 saturated heterocycles. The summed E-state index contributed by atoms with van der Waals surface area (Å²) in [6.45, 7) is 4.38. The van der Waals surface area contributed by atoms with Crippen LogP contribution in [0.1, 0.15) is 23.4 Å². The number of thiophene rings is 1. The van der Waals surface area contributed by atoms with Crippen LogP contribution in [0.5, 0.6) is 5.75 Å². The Morgan fingerprint density at radius 2 is 2.00 bits per heavy atom. The van der Waals surface area contributed by atoms with Gasteiger partial charge in [0.1, 0.15) is 12.4 Å². The number of nitrogens with zero attached hydrogens (tertiary/aromatic N) is 1. The van der Waals surface area contributed by atoms with Crippen molar-refractivity contribution in [3.05, 3.63) is 52.2 Å². The van der Waals surface area contributed by atoms with Crippen LogP contribution in [-0.4, -0.2) is 25.1 Å². The van der Waals surface area contributed by atoms with Crippen LogP contribution in [0, 0.1) is 0 Å². The van der Waals surface area contributed by atoms with Crippen LogP contribution < -0.4 is 10.5 Å². The Morgan fingerprint density at radius 3 is 2.60 bits per heavy atom. The molecule has 3 nitrogen and oxygen atoms in total. The van der Waals surface area contributed by atoms with Crippen LogP contribution in [0.4, 0.5) is 0 Å². The summed E-state index contributed by atoms with van der Waals surface area (Å²) in [6.07, 6.45) is 0. The van der Waals surface area contributed by atoms with Crippen LogP contribution in [0.2, 0.25) is 0 Å². The van der Waals surface area contributed by atoms with E-state index in [9.17, 15) is 0 Å². The molecule has 1 aromatic carbocycles. The molecule has 2 N–H and O–H groups in total. The van der Waals surface area contributed by atoms with E-state index >= 15 is 0 Å². The van der Waals surface area contributed by atoms with E-state index in [1.807, 2.05) is 24.3 Å². The average Bonchev–Trinajstić information content (AvgIpc) is 3.01. The van der Waals surface area contributed by atoms with Gasteiger partial charge in [0.05, 0.1) is 0 Å². The first-order valence-electron chi connectivity index (χ1n) is 6.86. The molecule has 0 radical (unpaired) electrons. The second-order valence-corrected chi connectivity index (χ2v) is 5.85. The molecule has 2 rings (SSSR count). The van der Waals surface area contributed by atoms with Crippen molar-refractivity contribution >= 4 is 11.3 Å². The average molecular weight is 290 g/mol. The molecule has 0 amide bonds. The topological polar surface area (TPSA) is 38.5 Å². The van der Waals surface area contributed by atoms with Gasteiger partial charge in [-0.05, 0) is 43.1 Å². The second kappa shape index (κ2) is 7.43. The maximum Gasteiger partial charge on any atom is 0.119 e. The Labute approximate surface area is 125 Å². The van der Waals surface area contributed by atoms with Crippen LogP contribution >= 0.6 is 11.3 Å². The van der Waals surface area contributed by atoms with Crippen molar-refractivity contribution in [2.75, 3.05) is 20.2 Å². The quantitative estimate of drug-likeness (QED) is 0.850. The molecule has 1 atom stereocenters. The van der Waals surface area contributed by atoms with Crippen molar-refractivity contribution in [2.45, 2.75) is 19.5 Å². The molecule has 0 saturated carbocycles. The monoisotopic (exact) mass is 290 g/mol. The van der Waals surface area contributed by atoms with Gasteiger partial charge in [-0.3, -0.25) is 4.90 Å². The highest BCUT2D eigenvalue weighted by molar-refractivity contribution is 7.10. The van der Waals surface area contributed by atoms with Crippen LogP contribution in [0.3, 0.4) is 0 Å². The van der Waals surface area contributed by atoms with Gasteiger partial charge < -0.3 is 10.5 Å². The third-order valence-electron chi connectivity index (χ3n) is 3.49. The number of rotatable bonds is 7. The van der Waals surface area contributed by atoms with Crippen molar-refractivity contribution in [3.63, 3.8) is 0 Å². The van der Waals surface area contributed by atoms with Crippen LogP contribution in [0.15, 0.2) is 41.8 Å². The molecule has 0 aliphatic rings. The summed E-state index contributed by atoms with van der Waals surface area (Å²) in [6, 6.07) is 12.7. The van der Waals surface area contributed by atoms with Crippen LogP contribution in [0.25, 0.3) is 0 Å². The Balaban J connectivity index is 1.77. The molecule has 0 bridgehead atoms. The molecule has 0 fully saturated rings. The summed E-state index contributed by atoms with van der Waals surface area (Å²) in [5, 5.41) is 2.12. The van der Waals surface area contributed by atoms with Gasteiger partial charge in [0.2, 0.25) is 0 Å². The number of hydrogen-bond donors (Lipinski definition) is 1. The molecule has 4 heteroatoms. The zero-order valence-electron chi connectivity index (χ0n) is 12.1. The lowest BCUT2D eigenvalue weighted by atomic mass is 10.2. The van der Waals surface area contributed by atoms with Gasteiger partial charge in [-0.1, -0.05) is 18.2 Å². The van der Waals surface area contributed by atoms with E-state index in [1.54, 1.807) is 11.3 Å². The zero-order chi connectivity index (χ0) is 14.4. The highest BCUT2D eigenvalue weighted by Gasteiger charge is 2.12. The SMILES string of the molecule is CC(c1cccs1)N(C)CCOc1ccc(CN)cc1. The predicted molar refractivity (Wildman–Crippen MR) is 85.2 cm³/mol. The summed E-state index contributed by atoms with van der Waals surface area (Å²) < 4.78 is 5.76. The molecular weight excluding hydrogens is 268 g/mol. The van der Waals surface area contributed by atoms with E-state index in [4.69, 9.17) is 10.5 Å². The minimum atomic E-state index is 0.429. The maximum absolute atomic E-state index is 5.76. The number of nitrogens with two attached hydrogens (primary N) is 1. The third-order valence-corrected chi connectivity index (χ3v) is 4.53.